The SMILES string of the molecule is CC(Nc1cn[nH]c1)c1ccc(-n2ccnc2)cc1. The van der Waals surface area contributed by atoms with Gasteiger partial charge in [0, 0.05) is 30.3 Å². The van der Waals surface area contributed by atoms with Crippen molar-refractivity contribution in [2.75, 3.05) is 5.32 Å². The maximum Gasteiger partial charge on any atom is 0.0991 e. The Hall–Kier alpha value is -2.56. The molecular weight excluding hydrogens is 238 g/mol. The van der Waals surface area contributed by atoms with Gasteiger partial charge >= 0.3 is 0 Å². The molecule has 1 atom stereocenters. The first kappa shape index (κ1) is 11.5. The van der Waals surface area contributed by atoms with Crippen molar-refractivity contribution in [3.8, 4) is 5.69 Å². The van der Waals surface area contributed by atoms with Crippen molar-refractivity contribution in [1.82, 2.24) is 19.7 Å². The van der Waals surface area contributed by atoms with Gasteiger partial charge in [-0.25, -0.2) is 4.98 Å². The van der Waals surface area contributed by atoms with Crippen molar-refractivity contribution in [2.45, 2.75) is 13.0 Å². The number of aromatic amines is 1. The van der Waals surface area contributed by atoms with E-state index in [9.17, 15) is 0 Å². The van der Waals surface area contributed by atoms with Gasteiger partial charge in [-0.15, -0.1) is 0 Å². The average Bonchev–Trinajstić information content (AvgIpc) is 3.12. The predicted molar refractivity (Wildman–Crippen MR) is 74.2 cm³/mol. The molecular formula is C14H15N5. The summed E-state index contributed by atoms with van der Waals surface area (Å²) in [5, 5.41) is 10.1. The van der Waals surface area contributed by atoms with Gasteiger partial charge in [-0.2, -0.15) is 5.10 Å². The number of hydrogen-bond donors (Lipinski definition) is 2. The number of imidazole rings is 1. The first-order chi connectivity index (χ1) is 9.33. The highest BCUT2D eigenvalue weighted by Gasteiger charge is 2.06. The lowest BCUT2D eigenvalue weighted by Crippen LogP contribution is -2.06. The topological polar surface area (TPSA) is 58.5 Å². The summed E-state index contributed by atoms with van der Waals surface area (Å²) < 4.78 is 1.98. The van der Waals surface area contributed by atoms with Crippen molar-refractivity contribution in [2.24, 2.45) is 0 Å². The van der Waals surface area contributed by atoms with Gasteiger partial charge in [0.2, 0.25) is 0 Å². The maximum atomic E-state index is 4.05. The van der Waals surface area contributed by atoms with Crippen molar-refractivity contribution < 1.29 is 0 Å². The van der Waals surface area contributed by atoms with Gasteiger partial charge in [-0.1, -0.05) is 12.1 Å². The lowest BCUT2D eigenvalue weighted by Gasteiger charge is -2.14. The second-order valence-electron chi connectivity index (χ2n) is 4.41. The zero-order valence-electron chi connectivity index (χ0n) is 10.6. The van der Waals surface area contributed by atoms with Crippen LogP contribution in [0.15, 0.2) is 55.4 Å². The fraction of sp³-hybridized carbons (Fsp3) is 0.143. The Morgan fingerprint density at radius 3 is 2.74 bits per heavy atom. The highest BCUT2D eigenvalue weighted by atomic mass is 15.1. The number of nitrogens with zero attached hydrogens (tertiary/aromatic N) is 3. The molecule has 0 radical (unpaired) electrons. The molecule has 0 bridgehead atoms. The molecule has 0 aliphatic heterocycles. The van der Waals surface area contributed by atoms with Crippen LogP contribution in [-0.2, 0) is 0 Å². The molecule has 3 rings (SSSR count). The van der Waals surface area contributed by atoms with Crippen molar-refractivity contribution >= 4 is 5.69 Å². The highest BCUT2D eigenvalue weighted by Crippen LogP contribution is 2.19. The molecule has 0 saturated carbocycles. The molecule has 2 N–H and O–H groups in total. The van der Waals surface area contributed by atoms with Crippen LogP contribution < -0.4 is 5.32 Å². The largest absolute Gasteiger partial charge is 0.376 e. The summed E-state index contributed by atoms with van der Waals surface area (Å²) in [6.07, 6.45) is 9.12. The van der Waals surface area contributed by atoms with E-state index in [0.717, 1.165) is 11.4 Å². The first-order valence-electron chi connectivity index (χ1n) is 6.16. The molecule has 1 unspecified atom stereocenters. The van der Waals surface area contributed by atoms with E-state index in [1.54, 1.807) is 18.7 Å². The van der Waals surface area contributed by atoms with Crippen LogP contribution in [0.3, 0.4) is 0 Å². The Morgan fingerprint density at radius 1 is 1.26 bits per heavy atom. The summed E-state index contributed by atoms with van der Waals surface area (Å²) in [5.74, 6) is 0. The Labute approximate surface area is 111 Å². The van der Waals surface area contributed by atoms with Gasteiger partial charge in [0.15, 0.2) is 0 Å². The summed E-state index contributed by atoms with van der Waals surface area (Å²) in [7, 11) is 0. The van der Waals surface area contributed by atoms with E-state index in [-0.39, 0.29) is 6.04 Å². The zero-order chi connectivity index (χ0) is 13.1. The zero-order valence-corrected chi connectivity index (χ0v) is 10.6. The van der Waals surface area contributed by atoms with Crippen molar-refractivity contribution in [3.63, 3.8) is 0 Å². The molecule has 0 aliphatic rings. The smallest absolute Gasteiger partial charge is 0.0991 e. The number of aromatic nitrogens is 4. The minimum Gasteiger partial charge on any atom is -0.376 e. The summed E-state index contributed by atoms with van der Waals surface area (Å²) in [5.41, 5.74) is 3.33. The van der Waals surface area contributed by atoms with Crippen LogP contribution in [0.5, 0.6) is 0 Å². The lowest BCUT2D eigenvalue weighted by molar-refractivity contribution is 0.883. The van der Waals surface area contributed by atoms with E-state index in [0.29, 0.717) is 0 Å². The number of rotatable bonds is 4. The molecule has 0 amide bonds. The second-order valence-corrected chi connectivity index (χ2v) is 4.41. The molecule has 5 nitrogen and oxygen atoms in total. The van der Waals surface area contributed by atoms with E-state index >= 15 is 0 Å². The minimum atomic E-state index is 0.231. The number of hydrogen-bond acceptors (Lipinski definition) is 3. The Bertz CT molecular complexity index is 610. The van der Waals surface area contributed by atoms with E-state index in [1.165, 1.54) is 5.56 Å². The Kier molecular flexibility index (Phi) is 3.02. The lowest BCUT2D eigenvalue weighted by atomic mass is 10.1. The fourth-order valence-electron chi connectivity index (χ4n) is 2.01. The standard InChI is InChI=1S/C14H15N5/c1-11(18-13-8-16-17-9-13)12-2-4-14(5-3-12)19-7-6-15-10-19/h2-11,18H,1H3,(H,16,17). The van der Waals surface area contributed by atoms with Gasteiger partial charge in [0.05, 0.1) is 18.2 Å². The van der Waals surface area contributed by atoms with Crippen LogP contribution in [0.25, 0.3) is 5.69 Å². The predicted octanol–water partition coefficient (Wildman–Crippen LogP) is 2.77. The third kappa shape index (κ3) is 2.49. The van der Waals surface area contributed by atoms with Crippen LogP contribution in [-0.4, -0.2) is 19.7 Å². The van der Waals surface area contributed by atoms with Gasteiger partial charge in [0.1, 0.15) is 0 Å². The number of H-pyrrole nitrogens is 1. The van der Waals surface area contributed by atoms with Gasteiger partial charge in [-0.3, -0.25) is 5.10 Å². The van der Waals surface area contributed by atoms with Crippen molar-refractivity contribution in [1.29, 1.82) is 0 Å². The molecule has 2 heterocycles. The van der Waals surface area contributed by atoms with Crippen LogP contribution in [0.2, 0.25) is 0 Å². The molecule has 5 heteroatoms. The highest BCUT2D eigenvalue weighted by molar-refractivity contribution is 5.42. The molecule has 2 aromatic heterocycles. The number of benzene rings is 1. The van der Waals surface area contributed by atoms with Gasteiger partial charge < -0.3 is 9.88 Å². The molecule has 1 aromatic carbocycles. The fourth-order valence-corrected chi connectivity index (χ4v) is 2.01. The third-order valence-corrected chi connectivity index (χ3v) is 3.08. The van der Waals surface area contributed by atoms with E-state index in [1.807, 2.05) is 17.0 Å². The summed E-state index contributed by atoms with van der Waals surface area (Å²) in [4.78, 5) is 4.05. The van der Waals surface area contributed by atoms with Gasteiger partial charge in [-0.05, 0) is 24.6 Å². The Balaban J connectivity index is 1.75. The quantitative estimate of drug-likeness (QED) is 0.751. The van der Waals surface area contributed by atoms with Crippen LogP contribution in [0.4, 0.5) is 5.69 Å². The number of nitrogens with one attached hydrogen (secondary N) is 2. The molecule has 0 fully saturated rings. The van der Waals surface area contributed by atoms with Crippen molar-refractivity contribution in [3.05, 3.63) is 60.9 Å². The molecule has 0 spiro atoms. The molecule has 0 saturated heterocycles. The molecule has 0 aliphatic carbocycles. The average molecular weight is 253 g/mol. The maximum absolute atomic E-state index is 4.05. The van der Waals surface area contributed by atoms with Crippen LogP contribution >= 0.6 is 0 Å². The third-order valence-electron chi connectivity index (χ3n) is 3.08. The second kappa shape index (κ2) is 4.97. The summed E-state index contributed by atoms with van der Waals surface area (Å²) in [6.45, 7) is 2.12. The van der Waals surface area contributed by atoms with E-state index in [2.05, 4.69) is 51.7 Å². The molecule has 96 valence electrons. The van der Waals surface area contributed by atoms with Crippen LogP contribution in [0, 0.1) is 0 Å². The monoisotopic (exact) mass is 253 g/mol. The first-order valence-corrected chi connectivity index (χ1v) is 6.16. The number of anilines is 1. The summed E-state index contributed by atoms with van der Waals surface area (Å²) in [6, 6.07) is 8.64. The summed E-state index contributed by atoms with van der Waals surface area (Å²) >= 11 is 0. The minimum absolute atomic E-state index is 0.231. The Morgan fingerprint density at radius 2 is 2.11 bits per heavy atom. The molecule has 3 aromatic rings. The van der Waals surface area contributed by atoms with E-state index in [4.69, 9.17) is 0 Å². The normalized spacial score (nSPS) is 12.3. The molecule has 19 heavy (non-hydrogen) atoms. The van der Waals surface area contributed by atoms with Crippen LogP contribution in [0.1, 0.15) is 18.5 Å². The van der Waals surface area contributed by atoms with Gasteiger partial charge in [0.25, 0.3) is 0 Å². The van der Waals surface area contributed by atoms with E-state index < -0.39 is 0 Å².